The monoisotopic (exact) mass is 321 g/mol. The van der Waals surface area contributed by atoms with Crippen LogP contribution in [0, 0.1) is 5.92 Å². The highest BCUT2D eigenvalue weighted by Gasteiger charge is 2.14. The van der Waals surface area contributed by atoms with Crippen LogP contribution in [0.15, 0.2) is 18.2 Å². The maximum atomic E-state index is 11.9. The second kappa shape index (κ2) is 8.92. The highest BCUT2D eigenvalue weighted by atomic mass is 16.5. The van der Waals surface area contributed by atoms with Crippen molar-refractivity contribution >= 4 is 17.7 Å². The van der Waals surface area contributed by atoms with Crippen molar-refractivity contribution in [2.24, 2.45) is 5.92 Å². The van der Waals surface area contributed by atoms with E-state index < -0.39 is 5.97 Å². The number of Topliss-reactive ketones (excluding diaryl/α,β-unsaturated/α-hetero) is 1. The van der Waals surface area contributed by atoms with Crippen LogP contribution in [0.25, 0.3) is 0 Å². The van der Waals surface area contributed by atoms with E-state index in [-0.39, 0.29) is 24.7 Å². The lowest BCUT2D eigenvalue weighted by Crippen LogP contribution is -2.31. The van der Waals surface area contributed by atoms with Gasteiger partial charge in [-0.3, -0.25) is 14.4 Å². The largest absolute Gasteiger partial charge is 0.496 e. The first-order valence-corrected chi connectivity index (χ1v) is 7.43. The van der Waals surface area contributed by atoms with Crippen molar-refractivity contribution < 1.29 is 23.9 Å². The average molecular weight is 321 g/mol. The van der Waals surface area contributed by atoms with Gasteiger partial charge >= 0.3 is 5.97 Å². The van der Waals surface area contributed by atoms with Crippen molar-refractivity contribution in [1.82, 2.24) is 5.32 Å². The zero-order chi connectivity index (χ0) is 17.4. The van der Waals surface area contributed by atoms with Gasteiger partial charge in [-0.05, 0) is 31.0 Å². The normalized spacial score (nSPS) is 10.3. The van der Waals surface area contributed by atoms with Gasteiger partial charge < -0.3 is 14.8 Å². The SMILES string of the molecule is COc1ccc(C(C)=O)cc1CC(=O)OCC(=O)NCC(C)C. The summed E-state index contributed by atoms with van der Waals surface area (Å²) in [7, 11) is 1.48. The van der Waals surface area contributed by atoms with Crippen LogP contribution in [0.1, 0.15) is 36.7 Å². The molecular formula is C17H23NO5. The van der Waals surface area contributed by atoms with Crippen molar-refractivity contribution in [3.05, 3.63) is 29.3 Å². The number of ketones is 1. The lowest BCUT2D eigenvalue weighted by Gasteiger charge is -2.11. The third-order valence-electron chi connectivity index (χ3n) is 3.09. The van der Waals surface area contributed by atoms with Crippen molar-refractivity contribution in [3.63, 3.8) is 0 Å². The number of carbonyl (C=O) groups excluding carboxylic acids is 3. The average Bonchev–Trinajstić information content (AvgIpc) is 2.50. The molecule has 6 nitrogen and oxygen atoms in total. The van der Waals surface area contributed by atoms with E-state index in [1.807, 2.05) is 13.8 Å². The summed E-state index contributed by atoms with van der Waals surface area (Å²) in [6, 6.07) is 4.87. The molecule has 0 bridgehead atoms. The molecule has 23 heavy (non-hydrogen) atoms. The Kier molecular flexibility index (Phi) is 7.25. The molecule has 0 unspecified atom stereocenters. The predicted molar refractivity (Wildman–Crippen MR) is 85.5 cm³/mol. The highest BCUT2D eigenvalue weighted by Crippen LogP contribution is 2.21. The molecule has 126 valence electrons. The Bertz CT molecular complexity index is 580. The Morgan fingerprint density at radius 1 is 1.22 bits per heavy atom. The zero-order valence-electron chi connectivity index (χ0n) is 14.0. The standard InChI is InChI=1S/C17H23NO5/c1-11(2)9-18-16(20)10-23-17(21)8-14-7-13(12(3)19)5-6-15(14)22-4/h5-7,11H,8-10H2,1-4H3,(H,18,20). The van der Waals surface area contributed by atoms with Gasteiger partial charge in [-0.25, -0.2) is 0 Å². The Morgan fingerprint density at radius 3 is 2.48 bits per heavy atom. The van der Waals surface area contributed by atoms with Crippen LogP contribution in [0.4, 0.5) is 0 Å². The van der Waals surface area contributed by atoms with Crippen LogP contribution in [0.5, 0.6) is 5.75 Å². The second-order valence-electron chi connectivity index (χ2n) is 5.62. The molecular weight excluding hydrogens is 298 g/mol. The first-order valence-electron chi connectivity index (χ1n) is 7.43. The first kappa shape index (κ1) is 18.7. The van der Waals surface area contributed by atoms with E-state index in [2.05, 4.69) is 5.32 Å². The summed E-state index contributed by atoms with van der Waals surface area (Å²) in [5.41, 5.74) is 1.04. The van der Waals surface area contributed by atoms with Gasteiger partial charge in [0, 0.05) is 17.7 Å². The maximum Gasteiger partial charge on any atom is 0.310 e. The van der Waals surface area contributed by atoms with Gasteiger partial charge in [0.25, 0.3) is 5.91 Å². The molecule has 0 saturated carbocycles. The van der Waals surface area contributed by atoms with Gasteiger partial charge in [0.2, 0.25) is 0 Å². The molecule has 1 rings (SSSR count). The van der Waals surface area contributed by atoms with Crippen molar-refractivity contribution in [2.75, 3.05) is 20.3 Å². The molecule has 0 heterocycles. The molecule has 1 aromatic rings. The van der Waals surface area contributed by atoms with Gasteiger partial charge in [-0.1, -0.05) is 13.8 Å². The van der Waals surface area contributed by atoms with Gasteiger partial charge in [0.05, 0.1) is 13.5 Å². The molecule has 0 saturated heterocycles. The Balaban J connectivity index is 2.61. The molecule has 1 N–H and O–H groups in total. The number of rotatable bonds is 8. The topological polar surface area (TPSA) is 81.7 Å². The Labute approximate surface area is 136 Å². The number of carbonyl (C=O) groups is 3. The van der Waals surface area contributed by atoms with Crippen LogP contribution >= 0.6 is 0 Å². The van der Waals surface area contributed by atoms with Gasteiger partial charge in [-0.15, -0.1) is 0 Å². The molecule has 0 aliphatic carbocycles. The van der Waals surface area contributed by atoms with Crippen LogP contribution < -0.4 is 10.1 Å². The van der Waals surface area contributed by atoms with Crippen LogP contribution in [0.2, 0.25) is 0 Å². The van der Waals surface area contributed by atoms with Gasteiger partial charge in [0.15, 0.2) is 12.4 Å². The summed E-state index contributed by atoms with van der Waals surface area (Å²) in [6.45, 7) is 5.61. The predicted octanol–water partition coefficient (Wildman–Crippen LogP) is 1.76. The summed E-state index contributed by atoms with van der Waals surface area (Å²) in [5, 5.41) is 2.66. The molecule has 0 radical (unpaired) electrons. The number of ether oxygens (including phenoxy) is 2. The number of nitrogens with one attached hydrogen (secondary N) is 1. The smallest absolute Gasteiger partial charge is 0.310 e. The molecule has 0 fully saturated rings. The number of hydrogen-bond donors (Lipinski definition) is 1. The van der Waals surface area contributed by atoms with Gasteiger partial charge in [0.1, 0.15) is 5.75 Å². The second-order valence-corrected chi connectivity index (χ2v) is 5.62. The van der Waals surface area contributed by atoms with E-state index in [0.717, 1.165) is 0 Å². The number of methoxy groups -OCH3 is 1. The number of hydrogen-bond acceptors (Lipinski definition) is 5. The maximum absolute atomic E-state index is 11.9. The highest BCUT2D eigenvalue weighted by molar-refractivity contribution is 5.94. The fraction of sp³-hybridized carbons (Fsp3) is 0.471. The summed E-state index contributed by atoms with van der Waals surface area (Å²) >= 11 is 0. The molecule has 6 heteroatoms. The van der Waals surface area contributed by atoms with E-state index in [1.165, 1.54) is 14.0 Å². The molecule has 1 aromatic carbocycles. The van der Waals surface area contributed by atoms with E-state index >= 15 is 0 Å². The summed E-state index contributed by atoms with van der Waals surface area (Å²) in [4.78, 5) is 34.8. The Hall–Kier alpha value is -2.37. The summed E-state index contributed by atoms with van der Waals surface area (Å²) in [6.07, 6.45) is -0.0677. The molecule has 0 aliphatic heterocycles. The van der Waals surface area contributed by atoms with Crippen LogP contribution in [-0.4, -0.2) is 37.9 Å². The lowest BCUT2D eigenvalue weighted by atomic mass is 10.0. The zero-order valence-corrected chi connectivity index (χ0v) is 14.0. The molecule has 0 aliphatic rings. The fourth-order valence-corrected chi connectivity index (χ4v) is 1.86. The van der Waals surface area contributed by atoms with E-state index in [1.54, 1.807) is 18.2 Å². The van der Waals surface area contributed by atoms with E-state index in [0.29, 0.717) is 29.3 Å². The number of benzene rings is 1. The van der Waals surface area contributed by atoms with E-state index in [9.17, 15) is 14.4 Å². The minimum atomic E-state index is -0.552. The summed E-state index contributed by atoms with van der Waals surface area (Å²) in [5.74, 6) is -0.167. The summed E-state index contributed by atoms with van der Waals surface area (Å²) < 4.78 is 10.1. The van der Waals surface area contributed by atoms with Crippen LogP contribution in [-0.2, 0) is 20.7 Å². The quantitative estimate of drug-likeness (QED) is 0.583. The fourth-order valence-electron chi connectivity index (χ4n) is 1.86. The lowest BCUT2D eigenvalue weighted by molar-refractivity contribution is -0.147. The van der Waals surface area contributed by atoms with Crippen molar-refractivity contribution in [1.29, 1.82) is 0 Å². The number of esters is 1. The Morgan fingerprint density at radius 2 is 1.91 bits per heavy atom. The van der Waals surface area contributed by atoms with Crippen molar-refractivity contribution in [3.8, 4) is 5.75 Å². The van der Waals surface area contributed by atoms with Crippen LogP contribution in [0.3, 0.4) is 0 Å². The van der Waals surface area contributed by atoms with Crippen molar-refractivity contribution in [2.45, 2.75) is 27.2 Å². The minimum Gasteiger partial charge on any atom is -0.496 e. The number of amides is 1. The third-order valence-corrected chi connectivity index (χ3v) is 3.09. The van der Waals surface area contributed by atoms with E-state index in [4.69, 9.17) is 9.47 Å². The third kappa shape index (κ3) is 6.50. The molecule has 0 atom stereocenters. The van der Waals surface area contributed by atoms with Gasteiger partial charge in [-0.2, -0.15) is 0 Å². The molecule has 1 amide bonds. The first-order chi connectivity index (χ1) is 10.8. The molecule has 0 spiro atoms. The minimum absolute atomic E-state index is 0.0677. The molecule has 0 aromatic heterocycles.